The molecule has 0 unspecified atom stereocenters. The standard InChI is InChI=1S/C14H10N4O2/c1-20-14-11(7-16)12(10(6-15)13(17)18-14)8-2-4-9(19)5-3-8/h2-5,19H,1H3,(H2,17,18). The van der Waals surface area contributed by atoms with Crippen molar-refractivity contribution in [1.82, 2.24) is 4.98 Å². The van der Waals surface area contributed by atoms with Gasteiger partial charge in [-0.2, -0.15) is 15.5 Å². The number of pyridine rings is 1. The molecule has 6 heteroatoms. The highest BCUT2D eigenvalue weighted by Gasteiger charge is 2.20. The van der Waals surface area contributed by atoms with Crippen LogP contribution in [0.15, 0.2) is 24.3 Å². The van der Waals surface area contributed by atoms with Crippen LogP contribution in [0.2, 0.25) is 0 Å². The zero-order chi connectivity index (χ0) is 14.7. The Morgan fingerprint density at radius 2 is 1.75 bits per heavy atom. The highest BCUT2D eigenvalue weighted by molar-refractivity contribution is 5.82. The lowest BCUT2D eigenvalue weighted by Gasteiger charge is -2.12. The first kappa shape index (κ1) is 13.2. The number of nitrogen functional groups attached to an aromatic ring is 1. The number of hydrogen-bond acceptors (Lipinski definition) is 6. The second-order valence-corrected chi connectivity index (χ2v) is 3.90. The smallest absolute Gasteiger partial charge is 0.234 e. The van der Waals surface area contributed by atoms with E-state index in [2.05, 4.69) is 4.98 Å². The first-order valence-corrected chi connectivity index (χ1v) is 5.59. The van der Waals surface area contributed by atoms with Gasteiger partial charge in [-0.1, -0.05) is 12.1 Å². The van der Waals surface area contributed by atoms with Gasteiger partial charge in [-0.3, -0.25) is 0 Å². The van der Waals surface area contributed by atoms with Crippen LogP contribution >= 0.6 is 0 Å². The normalized spacial score (nSPS) is 9.55. The van der Waals surface area contributed by atoms with Crippen molar-refractivity contribution in [2.75, 3.05) is 12.8 Å². The van der Waals surface area contributed by atoms with Crippen molar-refractivity contribution in [2.24, 2.45) is 0 Å². The number of aromatic hydroxyl groups is 1. The molecule has 0 saturated carbocycles. The van der Waals surface area contributed by atoms with Crippen LogP contribution in [-0.2, 0) is 0 Å². The summed E-state index contributed by atoms with van der Waals surface area (Å²) < 4.78 is 5.03. The fourth-order valence-electron chi connectivity index (χ4n) is 1.86. The van der Waals surface area contributed by atoms with E-state index in [9.17, 15) is 15.6 Å². The van der Waals surface area contributed by atoms with E-state index in [1.807, 2.05) is 12.1 Å². The third-order valence-electron chi connectivity index (χ3n) is 2.76. The summed E-state index contributed by atoms with van der Waals surface area (Å²) in [5.74, 6) is 0.137. The second kappa shape index (κ2) is 5.17. The van der Waals surface area contributed by atoms with Crippen LogP contribution < -0.4 is 10.5 Å². The number of benzene rings is 1. The van der Waals surface area contributed by atoms with Crippen molar-refractivity contribution in [3.8, 4) is 34.9 Å². The predicted molar refractivity (Wildman–Crippen MR) is 71.7 cm³/mol. The summed E-state index contributed by atoms with van der Waals surface area (Å²) >= 11 is 0. The van der Waals surface area contributed by atoms with Gasteiger partial charge in [0.15, 0.2) is 0 Å². The Bertz CT molecular complexity index is 740. The summed E-state index contributed by atoms with van der Waals surface area (Å²) in [5, 5.41) is 27.8. The summed E-state index contributed by atoms with van der Waals surface area (Å²) in [5.41, 5.74) is 6.88. The van der Waals surface area contributed by atoms with E-state index in [4.69, 9.17) is 10.5 Å². The molecule has 2 aromatic rings. The monoisotopic (exact) mass is 266 g/mol. The van der Waals surface area contributed by atoms with Crippen molar-refractivity contribution >= 4 is 5.82 Å². The van der Waals surface area contributed by atoms with E-state index < -0.39 is 0 Å². The minimum atomic E-state index is -0.00794. The molecule has 0 amide bonds. The molecule has 0 aliphatic carbocycles. The maximum atomic E-state index is 9.32. The Labute approximate surface area is 115 Å². The summed E-state index contributed by atoms with van der Waals surface area (Å²) in [4.78, 5) is 3.90. The molecule has 1 heterocycles. The molecule has 0 radical (unpaired) electrons. The molecule has 0 atom stereocenters. The molecule has 20 heavy (non-hydrogen) atoms. The number of methoxy groups -OCH3 is 1. The van der Waals surface area contributed by atoms with E-state index in [1.54, 1.807) is 12.1 Å². The molecule has 2 rings (SSSR count). The Kier molecular flexibility index (Phi) is 3.41. The number of nitrogens with two attached hydrogens (primary N) is 1. The van der Waals surface area contributed by atoms with Gasteiger partial charge < -0.3 is 15.6 Å². The lowest BCUT2D eigenvalue weighted by atomic mass is 9.96. The largest absolute Gasteiger partial charge is 0.508 e. The van der Waals surface area contributed by atoms with Gasteiger partial charge in [0.25, 0.3) is 0 Å². The van der Waals surface area contributed by atoms with Gasteiger partial charge in [-0.25, -0.2) is 0 Å². The minimum Gasteiger partial charge on any atom is -0.508 e. The van der Waals surface area contributed by atoms with Gasteiger partial charge >= 0.3 is 0 Å². The van der Waals surface area contributed by atoms with Crippen molar-refractivity contribution in [3.05, 3.63) is 35.4 Å². The van der Waals surface area contributed by atoms with E-state index in [0.717, 1.165) is 0 Å². The van der Waals surface area contributed by atoms with Crippen LogP contribution in [0.5, 0.6) is 11.6 Å². The van der Waals surface area contributed by atoms with Crippen LogP contribution in [0, 0.1) is 22.7 Å². The molecule has 1 aromatic heterocycles. The van der Waals surface area contributed by atoms with E-state index in [1.165, 1.54) is 19.2 Å². The summed E-state index contributed by atoms with van der Waals surface area (Å²) in [6.07, 6.45) is 0. The number of phenols is 1. The molecule has 6 nitrogen and oxygen atoms in total. The van der Waals surface area contributed by atoms with Crippen molar-refractivity contribution in [2.45, 2.75) is 0 Å². The molecule has 1 aromatic carbocycles. The van der Waals surface area contributed by atoms with Gasteiger partial charge in [0.1, 0.15) is 34.8 Å². The molecular weight excluding hydrogens is 256 g/mol. The van der Waals surface area contributed by atoms with Crippen LogP contribution in [0.4, 0.5) is 5.82 Å². The molecule has 0 aliphatic heterocycles. The highest BCUT2D eigenvalue weighted by Crippen LogP contribution is 2.35. The van der Waals surface area contributed by atoms with Gasteiger partial charge in [0.05, 0.1) is 7.11 Å². The molecule has 98 valence electrons. The Balaban J connectivity index is 2.85. The van der Waals surface area contributed by atoms with Gasteiger partial charge in [0.2, 0.25) is 5.88 Å². The number of anilines is 1. The van der Waals surface area contributed by atoms with Crippen molar-refractivity contribution < 1.29 is 9.84 Å². The second-order valence-electron chi connectivity index (χ2n) is 3.90. The summed E-state index contributed by atoms with van der Waals surface area (Å²) in [7, 11) is 1.37. The van der Waals surface area contributed by atoms with Crippen LogP contribution in [0.25, 0.3) is 11.1 Å². The zero-order valence-corrected chi connectivity index (χ0v) is 10.6. The van der Waals surface area contributed by atoms with E-state index in [0.29, 0.717) is 11.1 Å². The third kappa shape index (κ3) is 2.06. The SMILES string of the molecule is COc1nc(N)c(C#N)c(-c2ccc(O)cc2)c1C#N. The van der Waals surface area contributed by atoms with E-state index >= 15 is 0 Å². The molecule has 0 spiro atoms. The maximum Gasteiger partial charge on any atom is 0.234 e. The average molecular weight is 266 g/mol. The number of phenolic OH excluding ortho intramolecular Hbond substituents is 1. The Morgan fingerprint density at radius 3 is 2.25 bits per heavy atom. The lowest BCUT2D eigenvalue weighted by Crippen LogP contribution is -2.04. The number of nitrogens with zero attached hydrogens (tertiary/aromatic N) is 3. The third-order valence-corrected chi connectivity index (χ3v) is 2.76. The van der Waals surface area contributed by atoms with Gasteiger partial charge in [-0.15, -0.1) is 0 Å². The highest BCUT2D eigenvalue weighted by atomic mass is 16.5. The first-order chi connectivity index (χ1) is 9.62. The van der Waals surface area contributed by atoms with Crippen LogP contribution in [0.1, 0.15) is 11.1 Å². The van der Waals surface area contributed by atoms with E-state index in [-0.39, 0.29) is 28.6 Å². The fraction of sp³-hybridized carbons (Fsp3) is 0.0714. The van der Waals surface area contributed by atoms with Crippen molar-refractivity contribution in [3.63, 3.8) is 0 Å². The number of aromatic nitrogens is 1. The fourth-order valence-corrected chi connectivity index (χ4v) is 1.86. The zero-order valence-electron chi connectivity index (χ0n) is 10.6. The topological polar surface area (TPSA) is 116 Å². The summed E-state index contributed by atoms with van der Waals surface area (Å²) in [6.45, 7) is 0. The quantitative estimate of drug-likeness (QED) is 0.855. The number of ether oxygens (including phenoxy) is 1. The molecule has 0 fully saturated rings. The van der Waals surface area contributed by atoms with Crippen molar-refractivity contribution in [1.29, 1.82) is 10.5 Å². The van der Waals surface area contributed by atoms with Gasteiger partial charge in [-0.05, 0) is 17.7 Å². The Morgan fingerprint density at radius 1 is 1.15 bits per heavy atom. The molecular formula is C14H10N4O2. The first-order valence-electron chi connectivity index (χ1n) is 5.59. The number of hydrogen-bond donors (Lipinski definition) is 2. The minimum absolute atomic E-state index is 0.00794. The average Bonchev–Trinajstić information content (AvgIpc) is 2.46. The van der Waals surface area contributed by atoms with Gasteiger partial charge in [0, 0.05) is 5.56 Å². The predicted octanol–water partition coefficient (Wildman–Crippen LogP) is 1.79. The van der Waals surface area contributed by atoms with Crippen LogP contribution in [0.3, 0.4) is 0 Å². The molecule has 0 saturated heterocycles. The molecule has 0 aliphatic rings. The molecule has 3 N–H and O–H groups in total. The Hall–Kier alpha value is -3.25. The lowest BCUT2D eigenvalue weighted by molar-refractivity contribution is 0.397. The number of nitriles is 2. The number of rotatable bonds is 2. The summed E-state index contributed by atoms with van der Waals surface area (Å²) in [6, 6.07) is 10.0. The maximum absolute atomic E-state index is 9.32. The molecule has 0 bridgehead atoms. The van der Waals surface area contributed by atoms with Crippen LogP contribution in [-0.4, -0.2) is 17.2 Å².